The maximum atomic E-state index is 12.8. The lowest BCUT2D eigenvalue weighted by atomic mass is 9.79. The minimum absolute atomic E-state index is 0. The zero-order valence-corrected chi connectivity index (χ0v) is 15.7. The Hall–Kier alpha value is -2.08. The van der Waals surface area contributed by atoms with Gasteiger partial charge in [0.05, 0.1) is 12.5 Å². The van der Waals surface area contributed by atoms with E-state index in [1.165, 1.54) is 0 Å². The van der Waals surface area contributed by atoms with Gasteiger partial charge in [-0.15, -0.1) is 12.4 Å². The van der Waals surface area contributed by atoms with Gasteiger partial charge in [0.25, 0.3) is 0 Å². The number of amides is 1. The Bertz CT molecular complexity index is 745. The number of carbonyl (C=O) groups excluding carboxylic acids is 1. The molecule has 0 aliphatic carbocycles. The second-order valence-electron chi connectivity index (χ2n) is 6.33. The molecule has 1 saturated heterocycles. The SMILES string of the molecule is COc1ccccc1-c1cccc(NC(=O)C2(CN)CCOCC2)c1.Cl. The van der Waals surface area contributed by atoms with Gasteiger partial charge in [-0.2, -0.15) is 0 Å². The van der Waals surface area contributed by atoms with Crippen LogP contribution in [0.5, 0.6) is 5.75 Å². The highest BCUT2D eigenvalue weighted by atomic mass is 35.5. The van der Waals surface area contributed by atoms with E-state index in [4.69, 9.17) is 15.2 Å². The van der Waals surface area contributed by atoms with Gasteiger partial charge in [-0.3, -0.25) is 4.79 Å². The summed E-state index contributed by atoms with van der Waals surface area (Å²) in [5.74, 6) is 0.768. The fraction of sp³-hybridized carbons (Fsp3) is 0.350. The number of ether oxygens (including phenoxy) is 2. The molecule has 140 valence electrons. The van der Waals surface area contributed by atoms with E-state index in [9.17, 15) is 4.79 Å². The largest absolute Gasteiger partial charge is 0.496 e. The molecular weight excluding hydrogens is 352 g/mol. The number of carbonyl (C=O) groups is 1. The average molecular weight is 377 g/mol. The first-order chi connectivity index (χ1) is 12.2. The molecule has 5 nitrogen and oxygen atoms in total. The van der Waals surface area contributed by atoms with Gasteiger partial charge in [0.1, 0.15) is 5.75 Å². The number of methoxy groups -OCH3 is 1. The van der Waals surface area contributed by atoms with Crippen LogP contribution in [-0.4, -0.2) is 32.8 Å². The monoisotopic (exact) mass is 376 g/mol. The summed E-state index contributed by atoms with van der Waals surface area (Å²) in [6, 6.07) is 15.6. The third kappa shape index (κ3) is 4.18. The van der Waals surface area contributed by atoms with Crippen molar-refractivity contribution in [3.8, 4) is 16.9 Å². The molecule has 0 atom stereocenters. The Kier molecular flexibility index (Phi) is 7.03. The Morgan fingerprint density at radius 1 is 1.19 bits per heavy atom. The van der Waals surface area contributed by atoms with Crippen molar-refractivity contribution in [2.75, 3.05) is 32.2 Å². The number of benzene rings is 2. The van der Waals surface area contributed by atoms with Crippen molar-refractivity contribution < 1.29 is 14.3 Å². The standard InChI is InChI=1S/C20H24N2O3.ClH/c1-24-18-8-3-2-7-17(18)15-5-4-6-16(13-15)22-19(23)20(14-21)9-11-25-12-10-20;/h2-8,13H,9-12,14,21H2,1H3,(H,22,23);1H. The van der Waals surface area contributed by atoms with Crippen LogP contribution < -0.4 is 15.8 Å². The first-order valence-corrected chi connectivity index (χ1v) is 8.51. The van der Waals surface area contributed by atoms with Crippen molar-refractivity contribution in [1.29, 1.82) is 0 Å². The quantitative estimate of drug-likeness (QED) is 0.837. The lowest BCUT2D eigenvalue weighted by molar-refractivity contribution is -0.130. The third-order valence-electron chi connectivity index (χ3n) is 4.86. The summed E-state index contributed by atoms with van der Waals surface area (Å²) in [6.45, 7) is 1.48. The van der Waals surface area contributed by atoms with E-state index in [2.05, 4.69) is 5.32 Å². The molecule has 3 N–H and O–H groups in total. The van der Waals surface area contributed by atoms with E-state index >= 15 is 0 Å². The molecule has 1 amide bonds. The molecule has 0 spiro atoms. The highest BCUT2D eigenvalue weighted by molar-refractivity contribution is 5.96. The van der Waals surface area contributed by atoms with Gasteiger partial charge in [0, 0.05) is 31.0 Å². The summed E-state index contributed by atoms with van der Waals surface area (Å²) in [6.07, 6.45) is 1.31. The van der Waals surface area contributed by atoms with Crippen molar-refractivity contribution in [2.45, 2.75) is 12.8 Å². The number of rotatable bonds is 5. The minimum Gasteiger partial charge on any atom is -0.496 e. The van der Waals surface area contributed by atoms with E-state index in [0.29, 0.717) is 32.6 Å². The molecule has 1 fully saturated rings. The second kappa shape index (κ2) is 9.03. The molecule has 1 aliphatic rings. The topological polar surface area (TPSA) is 73.6 Å². The fourth-order valence-electron chi connectivity index (χ4n) is 3.20. The summed E-state index contributed by atoms with van der Waals surface area (Å²) in [5.41, 5.74) is 8.11. The summed E-state index contributed by atoms with van der Waals surface area (Å²) < 4.78 is 10.8. The molecule has 0 saturated carbocycles. The molecule has 2 aromatic rings. The lowest BCUT2D eigenvalue weighted by Crippen LogP contribution is -2.46. The minimum atomic E-state index is -0.543. The van der Waals surface area contributed by atoms with Gasteiger partial charge < -0.3 is 20.5 Å². The van der Waals surface area contributed by atoms with Crippen LogP contribution in [-0.2, 0) is 9.53 Å². The molecule has 3 rings (SSSR count). The summed E-state index contributed by atoms with van der Waals surface area (Å²) >= 11 is 0. The Morgan fingerprint density at radius 3 is 2.62 bits per heavy atom. The first-order valence-electron chi connectivity index (χ1n) is 8.51. The smallest absolute Gasteiger partial charge is 0.232 e. The maximum Gasteiger partial charge on any atom is 0.232 e. The van der Waals surface area contributed by atoms with E-state index in [-0.39, 0.29) is 18.3 Å². The molecule has 0 unspecified atom stereocenters. The summed E-state index contributed by atoms with van der Waals surface area (Å²) in [5, 5.41) is 3.04. The molecule has 0 radical (unpaired) electrons. The molecule has 2 aromatic carbocycles. The van der Waals surface area contributed by atoms with E-state index in [1.807, 2.05) is 48.5 Å². The van der Waals surface area contributed by atoms with E-state index in [0.717, 1.165) is 22.6 Å². The zero-order valence-electron chi connectivity index (χ0n) is 14.9. The van der Waals surface area contributed by atoms with Crippen molar-refractivity contribution in [3.05, 3.63) is 48.5 Å². The van der Waals surface area contributed by atoms with Crippen LogP contribution in [0, 0.1) is 5.41 Å². The van der Waals surface area contributed by atoms with Crippen molar-refractivity contribution in [1.82, 2.24) is 0 Å². The van der Waals surface area contributed by atoms with Gasteiger partial charge in [-0.25, -0.2) is 0 Å². The predicted octanol–water partition coefficient (Wildman–Crippen LogP) is 3.48. The molecule has 26 heavy (non-hydrogen) atoms. The normalized spacial score (nSPS) is 15.6. The number of hydrogen-bond donors (Lipinski definition) is 2. The summed E-state index contributed by atoms with van der Waals surface area (Å²) in [4.78, 5) is 12.8. The molecule has 0 aromatic heterocycles. The number of halogens is 1. The van der Waals surface area contributed by atoms with Crippen LogP contribution >= 0.6 is 12.4 Å². The molecule has 6 heteroatoms. The van der Waals surface area contributed by atoms with Crippen LogP contribution in [0.3, 0.4) is 0 Å². The maximum absolute atomic E-state index is 12.8. The number of anilines is 1. The van der Waals surface area contributed by atoms with Crippen LogP contribution in [0.1, 0.15) is 12.8 Å². The Morgan fingerprint density at radius 2 is 1.92 bits per heavy atom. The van der Waals surface area contributed by atoms with Gasteiger partial charge in [-0.1, -0.05) is 30.3 Å². The highest BCUT2D eigenvalue weighted by Gasteiger charge is 2.38. The van der Waals surface area contributed by atoms with Crippen LogP contribution in [0.4, 0.5) is 5.69 Å². The van der Waals surface area contributed by atoms with Crippen LogP contribution in [0.15, 0.2) is 48.5 Å². The van der Waals surface area contributed by atoms with Gasteiger partial charge in [0.15, 0.2) is 0 Å². The molecule has 1 heterocycles. The molecule has 1 aliphatic heterocycles. The number of nitrogens with two attached hydrogens (primary N) is 1. The van der Waals surface area contributed by atoms with Gasteiger partial charge in [0.2, 0.25) is 5.91 Å². The van der Waals surface area contributed by atoms with Gasteiger partial charge >= 0.3 is 0 Å². The predicted molar refractivity (Wildman–Crippen MR) is 106 cm³/mol. The van der Waals surface area contributed by atoms with E-state index < -0.39 is 5.41 Å². The third-order valence-corrected chi connectivity index (χ3v) is 4.86. The number of nitrogens with one attached hydrogen (secondary N) is 1. The second-order valence-corrected chi connectivity index (χ2v) is 6.33. The van der Waals surface area contributed by atoms with E-state index in [1.54, 1.807) is 7.11 Å². The fourth-order valence-corrected chi connectivity index (χ4v) is 3.20. The lowest BCUT2D eigenvalue weighted by Gasteiger charge is -2.34. The Balaban J connectivity index is 0.00000243. The zero-order chi connectivity index (χ0) is 17.7. The molecule has 0 bridgehead atoms. The molecular formula is C20H25ClN2O3. The number of hydrogen-bond acceptors (Lipinski definition) is 4. The Labute approximate surface area is 160 Å². The highest BCUT2D eigenvalue weighted by Crippen LogP contribution is 2.33. The van der Waals surface area contributed by atoms with Crippen molar-refractivity contribution in [3.63, 3.8) is 0 Å². The number of para-hydroxylation sites is 1. The van der Waals surface area contributed by atoms with Crippen LogP contribution in [0.25, 0.3) is 11.1 Å². The van der Waals surface area contributed by atoms with Gasteiger partial charge in [-0.05, 0) is 36.6 Å². The summed E-state index contributed by atoms with van der Waals surface area (Å²) in [7, 11) is 1.65. The van der Waals surface area contributed by atoms with Crippen LogP contribution in [0.2, 0.25) is 0 Å². The first kappa shape index (κ1) is 20.2. The van der Waals surface area contributed by atoms with Crippen molar-refractivity contribution in [2.24, 2.45) is 11.1 Å². The van der Waals surface area contributed by atoms with Crippen molar-refractivity contribution >= 4 is 24.0 Å². The average Bonchev–Trinajstić information content (AvgIpc) is 2.68.